The van der Waals surface area contributed by atoms with E-state index in [1.54, 1.807) is 0 Å². The summed E-state index contributed by atoms with van der Waals surface area (Å²) in [6.45, 7) is 6.60. The third-order valence-electron chi connectivity index (χ3n) is 3.59. The molecule has 122 valence electrons. The molecule has 0 bridgehead atoms. The summed E-state index contributed by atoms with van der Waals surface area (Å²) < 4.78 is 0. The van der Waals surface area contributed by atoms with E-state index >= 15 is 0 Å². The van der Waals surface area contributed by atoms with Crippen LogP contribution in [0, 0.1) is 0 Å². The van der Waals surface area contributed by atoms with Crippen molar-refractivity contribution in [1.82, 2.24) is 5.32 Å². The van der Waals surface area contributed by atoms with Crippen molar-refractivity contribution >= 4 is 17.6 Å². The fraction of sp³-hybridized carbons (Fsp3) is 0.529. The van der Waals surface area contributed by atoms with Crippen LogP contribution in [0.3, 0.4) is 0 Å². The molecule has 1 aromatic rings. The molecule has 1 aromatic carbocycles. The molecule has 1 amide bonds. The minimum atomic E-state index is -0.997. The fourth-order valence-electron chi connectivity index (χ4n) is 2.34. The van der Waals surface area contributed by atoms with Gasteiger partial charge in [0.25, 0.3) is 0 Å². The molecule has 1 atom stereocenters. The average Bonchev–Trinajstić information content (AvgIpc) is 2.51. The summed E-state index contributed by atoms with van der Waals surface area (Å²) in [7, 11) is 0. The van der Waals surface area contributed by atoms with Gasteiger partial charge in [-0.2, -0.15) is 0 Å². The largest absolute Gasteiger partial charge is 0.480 e. The van der Waals surface area contributed by atoms with E-state index < -0.39 is 12.0 Å². The lowest BCUT2D eigenvalue weighted by molar-refractivity contribution is -0.141. The Labute approximate surface area is 132 Å². The number of rotatable bonds is 9. The van der Waals surface area contributed by atoms with Crippen molar-refractivity contribution in [3.8, 4) is 0 Å². The van der Waals surface area contributed by atoms with Gasteiger partial charge in [-0.1, -0.05) is 39.0 Å². The zero-order valence-electron chi connectivity index (χ0n) is 13.6. The van der Waals surface area contributed by atoms with Crippen LogP contribution in [0.5, 0.6) is 0 Å². The third kappa shape index (κ3) is 5.15. The molecule has 5 heteroatoms. The van der Waals surface area contributed by atoms with E-state index in [-0.39, 0.29) is 12.3 Å². The van der Waals surface area contributed by atoms with Gasteiger partial charge in [-0.25, -0.2) is 0 Å². The molecule has 0 radical (unpaired) electrons. The maximum absolute atomic E-state index is 12.2. The molecular weight excluding hydrogens is 280 g/mol. The van der Waals surface area contributed by atoms with Gasteiger partial charge in [-0.15, -0.1) is 0 Å². The zero-order chi connectivity index (χ0) is 16.5. The average molecular weight is 306 g/mol. The third-order valence-corrected chi connectivity index (χ3v) is 3.59. The van der Waals surface area contributed by atoms with Crippen molar-refractivity contribution in [2.45, 2.75) is 52.5 Å². The number of hydrogen-bond donors (Lipinski definition) is 3. The summed E-state index contributed by atoms with van der Waals surface area (Å²) in [5.41, 5.74) is 2.97. The Morgan fingerprint density at radius 2 is 1.73 bits per heavy atom. The van der Waals surface area contributed by atoms with Gasteiger partial charge in [-0.3, -0.25) is 9.59 Å². The smallest absolute Gasteiger partial charge is 0.321 e. The number of benzene rings is 1. The van der Waals surface area contributed by atoms with Crippen molar-refractivity contribution in [3.63, 3.8) is 0 Å². The molecule has 0 fully saturated rings. The second kappa shape index (κ2) is 9.20. The van der Waals surface area contributed by atoms with E-state index in [0.717, 1.165) is 36.1 Å². The van der Waals surface area contributed by atoms with E-state index in [4.69, 9.17) is 0 Å². The summed E-state index contributed by atoms with van der Waals surface area (Å²) in [5.74, 6) is -1.27. The van der Waals surface area contributed by atoms with Crippen molar-refractivity contribution < 1.29 is 14.7 Å². The number of aryl methyl sites for hydroxylation is 2. The number of amides is 1. The minimum absolute atomic E-state index is 0.0729. The van der Waals surface area contributed by atoms with Crippen LogP contribution in [0.25, 0.3) is 0 Å². The highest BCUT2D eigenvalue weighted by Gasteiger charge is 2.21. The first-order valence-corrected chi connectivity index (χ1v) is 7.90. The van der Waals surface area contributed by atoms with Gasteiger partial charge in [0.1, 0.15) is 6.04 Å². The summed E-state index contributed by atoms with van der Waals surface area (Å²) in [5, 5.41) is 15.0. The van der Waals surface area contributed by atoms with E-state index in [1.807, 2.05) is 39.0 Å². The molecule has 0 aliphatic carbocycles. The first-order valence-electron chi connectivity index (χ1n) is 7.90. The fourth-order valence-corrected chi connectivity index (χ4v) is 2.34. The maximum atomic E-state index is 12.2. The predicted octanol–water partition coefficient (Wildman–Crippen LogP) is 2.59. The Morgan fingerprint density at radius 3 is 2.18 bits per heavy atom. The number of carbonyl (C=O) groups excluding carboxylic acids is 1. The number of nitrogens with one attached hydrogen (secondary N) is 2. The monoisotopic (exact) mass is 306 g/mol. The number of carbonyl (C=O) groups is 2. The molecule has 0 aromatic heterocycles. The normalized spacial score (nSPS) is 12.0. The molecule has 0 spiro atoms. The summed E-state index contributed by atoms with van der Waals surface area (Å²) in [6, 6.07) is 5.10. The Bertz CT molecular complexity index is 492. The highest BCUT2D eigenvalue weighted by molar-refractivity contribution is 5.95. The summed E-state index contributed by atoms with van der Waals surface area (Å²) in [6.07, 6.45) is 2.39. The number of hydrogen-bond acceptors (Lipinski definition) is 3. The lowest BCUT2D eigenvalue weighted by atomic mass is 10.0. The Hall–Kier alpha value is -1.88. The molecule has 1 unspecified atom stereocenters. The summed E-state index contributed by atoms with van der Waals surface area (Å²) >= 11 is 0. The van der Waals surface area contributed by atoms with Gasteiger partial charge >= 0.3 is 5.97 Å². The second-order valence-corrected chi connectivity index (χ2v) is 5.26. The van der Waals surface area contributed by atoms with Gasteiger partial charge < -0.3 is 15.7 Å². The lowest BCUT2D eigenvalue weighted by Gasteiger charge is -2.17. The molecule has 0 saturated heterocycles. The Balaban J connectivity index is 2.81. The van der Waals surface area contributed by atoms with Crippen LogP contribution in [-0.2, 0) is 22.4 Å². The van der Waals surface area contributed by atoms with Crippen LogP contribution in [0.15, 0.2) is 18.2 Å². The molecule has 3 N–H and O–H groups in total. The van der Waals surface area contributed by atoms with E-state index in [2.05, 4.69) is 10.6 Å². The number of aliphatic carboxylic acids is 1. The van der Waals surface area contributed by atoms with Crippen LogP contribution in [0.2, 0.25) is 0 Å². The number of para-hydroxylation sites is 1. The van der Waals surface area contributed by atoms with Crippen LogP contribution in [-0.4, -0.2) is 29.6 Å². The molecular formula is C17H26N2O3. The maximum Gasteiger partial charge on any atom is 0.321 e. The van der Waals surface area contributed by atoms with E-state index in [0.29, 0.717) is 6.54 Å². The number of carboxylic acids is 1. The molecule has 0 aliphatic heterocycles. The van der Waals surface area contributed by atoms with Crippen molar-refractivity contribution in [2.75, 3.05) is 11.9 Å². The quantitative estimate of drug-likeness (QED) is 0.655. The van der Waals surface area contributed by atoms with Crippen LogP contribution < -0.4 is 10.6 Å². The van der Waals surface area contributed by atoms with Crippen molar-refractivity contribution in [3.05, 3.63) is 29.3 Å². The first-order chi connectivity index (χ1) is 10.5. The second-order valence-electron chi connectivity index (χ2n) is 5.26. The SMILES string of the molecule is CCCNC(CC(=O)Nc1c(CC)cccc1CC)C(=O)O. The molecule has 0 heterocycles. The van der Waals surface area contributed by atoms with Gasteiger partial charge in [0.2, 0.25) is 5.91 Å². The topological polar surface area (TPSA) is 78.4 Å². The lowest BCUT2D eigenvalue weighted by Crippen LogP contribution is -2.40. The number of anilines is 1. The van der Waals surface area contributed by atoms with E-state index in [9.17, 15) is 14.7 Å². The minimum Gasteiger partial charge on any atom is -0.480 e. The standard InChI is InChI=1S/C17H26N2O3/c1-4-10-18-14(17(21)22)11-15(20)19-16-12(5-2)8-7-9-13(16)6-3/h7-9,14,18H,4-6,10-11H2,1-3H3,(H,19,20)(H,21,22). The van der Waals surface area contributed by atoms with E-state index in [1.165, 1.54) is 0 Å². The molecule has 22 heavy (non-hydrogen) atoms. The van der Waals surface area contributed by atoms with Crippen LogP contribution in [0.1, 0.15) is 44.7 Å². The highest BCUT2D eigenvalue weighted by Crippen LogP contribution is 2.22. The molecule has 5 nitrogen and oxygen atoms in total. The first kappa shape index (κ1) is 18.2. The van der Waals surface area contributed by atoms with Gasteiger partial charge in [0, 0.05) is 5.69 Å². The highest BCUT2D eigenvalue weighted by atomic mass is 16.4. The van der Waals surface area contributed by atoms with Gasteiger partial charge in [0.05, 0.1) is 6.42 Å². The Kier molecular flexibility index (Phi) is 7.60. The zero-order valence-corrected chi connectivity index (χ0v) is 13.6. The van der Waals surface area contributed by atoms with Gasteiger partial charge in [-0.05, 0) is 36.9 Å². The molecule has 1 rings (SSSR count). The molecule has 0 saturated carbocycles. The van der Waals surface area contributed by atoms with Crippen LogP contribution >= 0.6 is 0 Å². The molecule has 0 aliphatic rings. The van der Waals surface area contributed by atoms with Crippen molar-refractivity contribution in [1.29, 1.82) is 0 Å². The summed E-state index contributed by atoms with van der Waals surface area (Å²) in [4.78, 5) is 23.4. The van der Waals surface area contributed by atoms with Crippen LogP contribution in [0.4, 0.5) is 5.69 Å². The number of carboxylic acid groups (broad SMARTS) is 1. The van der Waals surface area contributed by atoms with Gasteiger partial charge in [0.15, 0.2) is 0 Å². The van der Waals surface area contributed by atoms with Crippen molar-refractivity contribution in [2.24, 2.45) is 0 Å². The predicted molar refractivity (Wildman–Crippen MR) is 88.2 cm³/mol. The Morgan fingerprint density at radius 1 is 1.14 bits per heavy atom.